The van der Waals surface area contributed by atoms with E-state index in [-0.39, 0.29) is 12.8 Å². The van der Waals surface area contributed by atoms with E-state index in [1.807, 2.05) is 24.3 Å². The van der Waals surface area contributed by atoms with Gasteiger partial charge in [0, 0.05) is 18.8 Å². The number of rotatable bonds is 3. The fourth-order valence-electron chi connectivity index (χ4n) is 2.57. The monoisotopic (exact) mass is 324 g/mol. The normalized spacial score (nSPS) is 12.4. The summed E-state index contributed by atoms with van der Waals surface area (Å²) in [5, 5.41) is 2.84. The molecule has 0 spiro atoms. The quantitative estimate of drug-likeness (QED) is 0.776. The van der Waals surface area contributed by atoms with Crippen LogP contribution in [0.4, 0.5) is 10.5 Å². The van der Waals surface area contributed by atoms with Crippen LogP contribution < -0.4 is 14.8 Å². The summed E-state index contributed by atoms with van der Waals surface area (Å²) in [6, 6.07) is 12.8. The lowest BCUT2D eigenvalue weighted by atomic mass is 10.3. The van der Waals surface area contributed by atoms with Crippen molar-refractivity contribution in [3.63, 3.8) is 0 Å². The van der Waals surface area contributed by atoms with E-state index in [2.05, 4.69) is 15.3 Å². The third-order valence-corrected chi connectivity index (χ3v) is 3.80. The van der Waals surface area contributed by atoms with Crippen LogP contribution in [0, 0.1) is 0 Å². The molecule has 0 atom stereocenters. The molecule has 0 fully saturated rings. The first kappa shape index (κ1) is 14.4. The second-order valence-corrected chi connectivity index (χ2v) is 5.55. The second kappa shape index (κ2) is 5.77. The molecular formula is C17H16N4O3. The van der Waals surface area contributed by atoms with Crippen molar-refractivity contribution in [3.05, 3.63) is 48.3 Å². The highest BCUT2D eigenvalue weighted by atomic mass is 16.7. The lowest BCUT2D eigenvalue weighted by Crippen LogP contribution is -2.31. The van der Waals surface area contributed by atoms with Crippen molar-refractivity contribution in [2.75, 3.05) is 19.2 Å². The average molecular weight is 324 g/mol. The van der Waals surface area contributed by atoms with Crippen LogP contribution in [0.1, 0.15) is 5.82 Å². The Morgan fingerprint density at radius 2 is 2.08 bits per heavy atom. The summed E-state index contributed by atoms with van der Waals surface area (Å²) in [6.07, 6.45) is 0. The summed E-state index contributed by atoms with van der Waals surface area (Å²) in [7, 11) is 1.72. The fourth-order valence-corrected chi connectivity index (χ4v) is 2.57. The Morgan fingerprint density at radius 1 is 1.25 bits per heavy atom. The molecule has 0 bridgehead atoms. The number of fused-ring (bicyclic) bond motifs is 2. The number of carbonyl (C=O) groups excluding carboxylic acids is 1. The smallest absolute Gasteiger partial charge is 0.321 e. The highest BCUT2D eigenvalue weighted by molar-refractivity contribution is 5.89. The van der Waals surface area contributed by atoms with Crippen LogP contribution in [0.2, 0.25) is 0 Å². The Bertz CT molecular complexity index is 873. The molecule has 0 aliphatic carbocycles. The Labute approximate surface area is 138 Å². The molecule has 0 radical (unpaired) electrons. The zero-order chi connectivity index (χ0) is 16.5. The predicted molar refractivity (Wildman–Crippen MR) is 89.1 cm³/mol. The van der Waals surface area contributed by atoms with Crippen molar-refractivity contribution in [3.8, 4) is 11.5 Å². The molecular weight excluding hydrogens is 308 g/mol. The molecule has 7 heteroatoms. The molecule has 24 heavy (non-hydrogen) atoms. The van der Waals surface area contributed by atoms with Gasteiger partial charge in [-0.1, -0.05) is 12.1 Å². The predicted octanol–water partition coefficient (Wildman–Crippen LogP) is 2.96. The molecule has 4 rings (SSSR count). The van der Waals surface area contributed by atoms with Gasteiger partial charge in [0.05, 0.1) is 17.6 Å². The largest absolute Gasteiger partial charge is 0.454 e. The van der Waals surface area contributed by atoms with Crippen molar-refractivity contribution in [2.24, 2.45) is 0 Å². The number of urea groups is 1. The summed E-state index contributed by atoms with van der Waals surface area (Å²) in [5.74, 6) is 2.05. The Morgan fingerprint density at radius 3 is 2.96 bits per heavy atom. The standard InChI is InChI=1S/C17H16N4O3/c1-21(9-16-19-12-4-2-3-5-13(12)20-16)17(22)18-11-6-7-14-15(8-11)24-10-23-14/h2-8H,9-10H2,1H3,(H,18,22)(H,19,20). The Balaban J connectivity index is 1.44. The van der Waals surface area contributed by atoms with Crippen LogP contribution in [-0.2, 0) is 6.54 Å². The van der Waals surface area contributed by atoms with Crippen molar-refractivity contribution in [2.45, 2.75) is 6.54 Å². The van der Waals surface area contributed by atoms with Gasteiger partial charge in [0.2, 0.25) is 6.79 Å². The van der Waals surface area contributed by atoms with E-state index in [1.54, 1.807) is 30.1 Å². The molecule has 2 aromatic carbocycles. The summed E-state index contributed by atoms with van der Waals surface area (Å²) in [5.41, 5.74) is 2.50. The van der Waals surface area contributed by atoms with Crippen LogP contribution in [0.5, 0.6) is 11.5 Å². The zero-order valence-corrected chi connectivity index (χ0v) is 13.1. The van der Waals surface area contributed by atoms with Crippen LogP contribution in [0.15, 0.2) is 42.5 Å². The molecule has 2 heterocycles. The number of hydrogen-bond acceptors (Lipinski definition) is 4. The minimum atomic E-state index is -0.227. The highest BCUT2D eigenvalue weighted by Crippen LogP contribution is 2.34. The number of anilines is 1. The first-order valence-corrected chi connectivity index (χ1v) is 7.54. The van der Waals surface area contributed by atoms with Crippen LogP contribution in [0.3, 0.4) is 0 Å². The van der Waals surface area contributed by atoms with Crippen LogP contribution >= 0.6 is 0 Å². The van der Waals surface area contributed by atoms with Crippen molar-refractivity contribution in [1.29, 1.82) is 0 Å². The summed E-state index contributed by atoms with van der Waals surface area (Å²) < 4.78 is 10.6. The van der Waals surface area contributed by atoms with E-state index < -0.39 is 0 Å². The molecule has 2 N–H and O–H groups in total. The second-order valence-electron chi connectivity index (χ2n) is 5.55. The molecule has 1 aliphatic rings. The lowest BCUT2D eigenvalue weighted by Gasteiger charge is -2.16. The van der Waals surface area contributed by atoms with Gasteiger partial charge < -0.3 is 24.7 Å². The number of benzene rings is 2. The van der Waals surface area contributed by atoms with Gasteiger partial charge >= 0.3 is 6.03 Å². The maximum Gasteiger partial charge on any atom is 0.321 e. The number of carbonyl (C=O) groups is 1. The van der Waals surface area contributed by atoms with E-state index in [4.69, 9.17) is 9.47 Å². The van der Waals surface area contributed by atoms with E-state index >= 15 is 0 Å². The first-order valence-electron chi connectivity index (χ1n) is 7.54. The van der Waals surface area contributed by atoms with Crippen LogP contribution in [0.25, 0.3) is 11.0 Å². The molecule has 3 aromatic rings. The van der Waals surface area contributed by atoms with Crippen LogP contribution in [-0.4, -0.2) is 34.7 Å². The molecule has 2 amide bonds. The summed E-state index contributed by atoms with van der Waals surface area (Å²) >= 11 is 0. The SMILES string of the molecule is CN(Cc1nc2ccccc2[nH]1)C(=O)Nc1ccc2c(c1)OCO2. The number of nitrogens with one attached hydrogen (secondary N) is 2. The molecule has 0 saturated heterocycles. The molecule has 7 nitrogen and oxygen atoms in total. The average Bonchev–Trinajstić information content (AvgIpc) is 3.19. The number of nitrogens with zero attached hydrogens (tertiary/aromatic N) is 2. The number of H-pyrrole nitrogens is 1. The third-order valence-electron chi connectivity index (χ3n) is 3.80. The number of aromatic nitrogens is 2. The number of amides is 2. The molecule has 122 valence electrons. The minimum Gasteiger partial charge on any atom is -0.454 e. The maximum absolute atomic E-state index is 12.3. The molecule has 0 unspecified atom stereocenters. The Hall–Kier alpha value is -3.22. The molecule has 1 aromatic heterocycles. The fraction of sp³-hybridized carbons (Fsp3) is 0.176. The van der Waals surface area contributed by atoms with Gasteiger partial charge in [-0.25, -0.2) is 9.78 Å². The van der Waals surface area contributed by atoms with Gasteiger partial charge in [-0.05, 0) is 24.3 Å². The van der Waals surface area contributed by atoms with E-state index in [0.29, 0.717) is 23.7 Å². The van der Waals surface area contributed by atoms with Crippen molar-refractivity contribution in [1.82, 2.24) is 14.9 Å². The Kier molecular flexibility index (Phi) is 3.45. The van der Waals surface area contributed by atoms with Gasteiger partial charge in [-0.15, -0.1) is 0 Å². The molecule has 0 saturated carbocycles. The summed E-state index contributed by atoms with van der Waals surface area (Å²) in [6.45, 7) is 0.587. The lowest BCUT2D eigenvalue weighted by molar-refractivity contribution is 0.174. The van der Waals surface area contributed by atoms with E-state index in [9.17, 15) is 4.79 Å². The number of hydrogen-bond donors (Lipinski definition) is 2. The minimum absolute atomic E-state index is 0.207. The number of ether oxygens (including phenoxy) is 2. The zero-order valence-electron chi connectivity index (χ0n) is 13.1. The maximum atomic E-state index is 12.3. The third kappa shape index (κ3) is 2.71. The van der Waals surface area contributed by atoms with Crippen molar-refractivity contribution < 1.29 is 14.3 Å². The van der Waals surface area contributed by atoms with E-state index in [0.717, 1.165) is 16.9 Å². The van der Waals surface area contributed by atoms with Gasteiger partial charge in [0.25, 0.3) is 0 Å². The number of para-hydroxylation sites is 2. The topological polar surface area (TPSA) is 79.5 Å². The van der Waals surface area contributed by atoms with Gasteiger partial charge in [0.1, 0.15) is 5.82 Å². The van der Waals surface area contributed by atoms with Gasteiger partial charge in [0.15, 0.2) is 11.5 Å². The molecule has 1 aliphatic heterocycles. The number of imidazole rings is 1. The van der Waals surface area contributed by atoms with Gasteiger partial charge in [-0.3, -0.25) is 0 Å². The highest BCUT2D eigenvalue weighted by Gasteiger charge is 2.16. The van der Waals surface area contributed by atoms with E-state index in [1.165, 1.54) is 0 Å². The first-order chi connectivity index (χ1) is 11.7. The van der Waals surface area contributed by atoms with Gasteiger partial charge in [-0.2, -0.15) is 0 Å². The van der Waals surface area contributed by atoms with Crippen molar-refractivity contribution >= 4 is 22.8 Å². The summed E-state index contributed by atoms with van der Waals surface area (Å²) in [4.78, 5) is 21.6. The number of aromatic amines is 1.